The minimum atomic E-state index is -3.33. The largest absolute Gasteiger partial charge is 0.214 e. The van der Waals surface area contributed by atoms with Crippen LogP contribution < -0.4 is 0 Å². The van der Waals surface area contributed by atoms with Crippen molar-refractivity contribution in [1.82, 2.24) is 4.31 Å². The predicted molar refractivity (Wildman–Crippen MR) is 93.2 cm³/mol. The zero-order valence-corrected chi connectivity index (χ0v) is 15.9. The van der Waals surface area contributed by atoms with E-state index < -0.39 is 10.0 Å². The van der Waals surface area contributed by atoms with Gasteiger partial charge in [0.05, 0.1) is 5.75 Å². The van der Waals surface area contributed by atoms with Gasteiger partial charge in [-0.25, -0.2) is 8.42 Å². The maximum atomic E-state index is 12.7. The van der Waals surface area contributed by atoms with Gasteiger partial charge in [-0.3, -0.25) is 0 Å². The van der Waals surface area contributed by atoms with Crippen molar-refractivity contribution >= 4 is 37.6 Å². The number of hydrogen-bond acceptors (Lipinski definition) is 2. The second kappa shape index (κ2) is 8.51. The third-order valence-electron chi connectivity index (χ3n) is 3.35. The minimum absolute atomic E-state index is 0.0533. The second-order valence-electron chi connectivity index (χ2n) is 5.35. The van der Waals surface area contributed by atoms with Gasteiger partial charge in [0.2, 0.25) is 10.0 Å². The second-order valence-corrected chi connectivity index (χ2v) is 8.48. The molecule has 0 saturated carbocycles. The number of halogens is 2. The van der Waals surface area contributed by atoms with E-state index in [0.29, 0.717) is 12.4 Å². The number of sulfonamides is 1. The molecule has 0 radical (unpaired) electrons. The van der Waals surface area contributed by atoms with E-state index in [1.54, 1.807) is 4.31 Å². The molecule has 0 aromatic heterocycles. The summed E-state index contributed by atoms with van der Waals surface area (Å²) in [4.78, 5) is 0. The summed E-state index contributed by atoms with van der Waals surface area (Å²) < 4.78 is 27.9. The van der Waals surface area contributed by atoms with Gasteiger partial charge in [0.1, 0.15) is 0 Å². The molecule has 1 rings (SSSR count). The van der Waals surface area contributed by atoms with Crippen molar-refractivity contribution in [3.05, 3.63) is 34.3 Å². The Kier molecular flexibility index (Phi) is 7.68. The third-order valence-corrected chi connectivity index (χ3v) is 6.80. The van der Waals surface area contributed by atoms with Crippen molar-refractivity contribution in [3.63, 3.8) is 0 Å². The molecule has 0 spiro atoms. The highest BCUT2D eigenvalue weighted by molar-refractivity contribution is 9.10. The van der Waals surface area contributed by atoms with E-state index in [-0.39, 0.29) is 17.7 Å². The summed E-state index contributed by atoms with van der Waals surface area (Å²) in [6.45, 7) is 6.29. The molecule has 6 heteroatoms. The highest BCUT2D eigenvalue weighted by Crippen LogP contribution is 2.30. The van der Waals surface area contributed by atoms with Crippen molar-refractivity contribution < 1.29 is 8.42 Å². The highest BCUT2D eigenvalue weighted by Gasteiger charge is 2.29. The number of hydrogen-bond donors (Lipinski definition) is 0. The van der Waals surface area contributed by atoms with Gasteiger partial charge in [-0.2, -0.15) is 4.31 Å². The van der Waals surface area contributed by atoms with Gasteiger partial charge < -0.3 is 0 Å². The number of benzene rings is 1. The molecule has 3 nitrogen and oxygen atoms in total. The van der Waals surface area contributed by atoms with Crippen molar-refractivity contribution in [2.75, 3.05) is 18.2 Å². The average Bonchev–Trinajstić information content (AvgIpc) is 2.43. The Morgan fingerprint density at radius 2 is 1.90 bits per heavy atom. The van der Waals surface area contributed by atoms with E-state index in [4.69, 9.17) is 11.6 Å². The fourth-order valence-corrected chi connectivity index (χ4v) is 5.20. The molecule has 0 aliphatic rings. The number of alkyl halides is 1. The Morgan fingerprint density at radius 1 is 1.29 bits per heavy atom. The highest BCUT2D eigenvalue weighted by atomic mass is 79.9. The zero-order valence-electron chi connectivity index (χ0n) is 12.7. The van der Waals surface area contributed by atoms with Crippen LogP contribution in [0.4, 0.5) is 0 Å². The molecule has 2 unspecified atom stereocenters. The van der Waals surface area contributed by atoms with E-state index in [2.05, 4.69) is 15.9 Å². The van der Waals surface area contributed by atoms with Crippen LogP contribution in [0.1, 0.15) is 38.8 Å². The molecule has 0 saturated heterocycles. The van der Waals surface area contributed by atoms with Crippen molar-refractivity contribution in [2.24, 2.45) is 5.92 Å². The Labute approximate surface area is 141 Å². The molecule has 0 aliphatic carbocycles. The lowest BCUT2D eigenvalue weighted by Crippen LogP contribution is -2.37. The van der Waals surface area contributed by atoms with E-state index in [1.807, 2.05) is 45.0 Å². The Bertz CT molecular complexity index is 550. The Balaban J connectivity index is 3.09. The van der Waals surface area contributed by atoms with E-state index >= 15 is 0 Å². The van der Waals surface area contributed by atoms with Gasteiger partial charge in [-0.05, 0) is 30.9 Å². The smallest absolute Gasteiger partial charge is 0.212 e. The van der Waals surface area contributed by atoms with E-state index in [0.717, 1.165) is 16.5 Å². The first-order chi connectivity index (χ1) is 9.83. The lowest BCUT2D eigenvalue weighted by molar-refractivity contribution is 0.339. The normalized spacial score (nSPS) is 15.1. The minimum Gasteiger partial charge on any atom is -0.212 e. The van der Waals surface area contributed by atoms with Crippen LogP contribution in [0.2, 0.25) is 0 Å². The monoisotopic (exact) mass is 395 g/mol. The summed E-state index contributed by atoms with van der Waals surface area (Å²) in [7, 11) is -3.33. The molecule has 120 valence electrons. The Morgan fingerprint density at radius 3 is 2.43 bits per heavy atom. The summed E-state index contributed by atoms with van der Waals surface area (Å²) in [5.74, 6) is 0.385. The van der Waals surface area contributed by atoms with Crippen LogP contribution in [0, 0.1) is 5.92 Å². The first kappa shape index (κ1) is 18.9. The maximum absolute atomic E-state index is 12.7. The van der Waals surface area contributed by atoms with Gasteiger partial charge in [-0.15, -0.1) is 11.6 Å². The molecule has 2 atom stereocenters. The topological polar surface area (TPSA) is 37.4 Å². The molecule has 0 bridgehead atoms. The first-order valence-corrected chi connectivity index (χ1v) is 10.1. The van der Waals surface area contributed by atoms with Crippen molar-refractivity contribution in [3.8, 4) is 0 Å². The fraction of sp³-hybridized carbons (Fsp3) is 0.600. The van der Waals surface area contributed by atoms with Crippen molar-refractivity contribution in [2.45, 2.75) is 33.2 Å². The van der Waals surface area contributed by atoms with Gasteiger partial charge in [0, 0.05) is 22.9 Å². The first-order valence-electron chi connectivity index (χ1n) is 7.13. The summed E-state index contributed by atoms with van der Waals surface area (Å²) in [6, 6.07) is 7.54. The molecule has 0 N–H and O–H groups in total. The SMILES string of the molecule is CCCN(C(C)c1ccccc1Br)S(=O)(=O)CC(C)CCl. The van der Waals surface area contributed by atoms with Crippen LogP contribution in [0.15, 0.2) is 28.7 Å². The molecule has 0 aliphatic heterocycles. The summed E-state index contributed by atoms with van der Waals surface area (Å²) in [5, 5.41) is 0. The molecule has 21 heavy (non-hydrogen) atoms. The number of nitrogens with zero attached hydrogens (tertiary/aromatic N) is 1. The Hall–Kier alpha value is -0.100. The molecule has 1 aromatic rings. The standard InChI is InChI=1S/C15H23BrClNO2S/c1-4-9-18(21(19,20)11-12(2)10-17)13(3)14-7-5-6-8-15(14)16/h5-8,12-13H,4,9-11H2,1-3H3. The summed E-state index contributed by atoms with van der Waals surface area (Å²) in [5.41, 5.74) is 0.980. The van der Waals surface area contributed by atoms with Crippen LogP contribution in [0.3, 0.4) is 0 Å². The molecule has 0 amide bonds. The zero-order chi connectivity index (χ0) is 16.0. The van der Waals surface area contributed by atoms with Gasteiger partial charge >= 0.3 is 0 Å². The van der Waals surface area contributed by atoms with E-state index in [1.165, 1.54) is 0 Å². The average molecular weight is 397 g/mol. The van der Waals surface area contributed by atoms with Crippen LogP contribution in [0.25, 0.3) is 0 Å². The molecule has 0 fully saturated rings. The van der Waals surface area contributed by atoms with Gasteiger partial charge in [0.25, 0.3) is 0 Å². The fourth-order valence-electron chi connectivity index (χ4n) is 2.26. The molecular weight excluding hydrogens is 374 g/mol. The van der Waals surface area contributed by atoms with Crippen LogP contribution in [-0.2, 0) is 10.0 Å². The predicted octanol–water partition coefficient (Wildman–Crippen LogP) is 4.43. The van der Waals surface area contributed by atoms with Gasteiger partial charge in [-0.1, -0.05) is 48.0 Å². The molecule has 0 heterocycles. The van der Waals surface area contributed by atoms with Gasteiger partial charge in [0.15, 0.2) is 0 Å². The quantitative estimate of drug-likeness (QED) is 0.610. The van der Waals surface area contributed by atoms with Crippen molar-refractivity contribution in [1.29, 1.82) is 0 Å². The van der Waals surface area contributed by atoms with Crippen LogP contribution in [0.5, 0.6) is 0 Å². The lowest BCUT2D eigenvalue weighted by atomic mass is 10.1. The van der Waals surface area contributed by atoms with Crippen LogP contribution >= 0.6 is 27.5 Å². The third kappa shape index (κ3) is 5.23. The lowest BCUT2D eigenvalue weighted by Gasteiger charge is -2.30. The molecule has 1 aromatic carbocycles. The summed E-state index contributed by atoms with van der Waals surface area (Å²) >= 11 is 9.28. The van der Waals surface area contributed by atoms with E-state index in [9.17, 15) is 8.42 Å². The number of rotatable bonds is 8. The summed E-state index contributed by atoms with van der Waals surface area (Å²) in [6.07, 6.45) is 0.781. The van der Waals surface area contributed by atoms with Crippen LogP contribution in [-0.4, -0.2) is 30.9 Å². The molecular formula is C15H23BrClNO2S. The maximum Gasteiger partial charge on any atom is 0.214 e.